The molecule has 0 atom stereocenters. The van der Waals surface area contributed by atoms with Crippen LogP contribution >= 0.6 is 0 Å². The molecule has 0 aliphatic rings. The van der Waals surface area contributed by atoms with Crippen LogP contribution in [0.15, 0.2) is 48.8 Å². The number of hydrogen-bond donors (Lipinski definition) is 1. The summed E-state index contributed by atoms with van der Waals surface area (Å²) in [4.78, 5) is 12.8. The SMILES string of the molecule is COc1cccc(COCCNc2ccc3nccnc3n2)c1. The van der Waals surface area contributed by atoms with Crippen molar-refractivity contribution in [2.75, 3.05) is 25.6 Å². The minimum Gasteiger partial charge on any atom is -0.497 e. The number of aromatic nitrogens is 3. The van der Waals surface area contributed by atoms with Crippen LogP contribution in [0.2, 0.25) is 0 Å². The molecular formula is C17H18N4O2. The average molecular weight is 310 g/mol. The second-order valence-electron chi connectivity index (χ2n) is 4.93. The van der Waals surface area contributed by atoms with E-state index in [9.17, 15) is 0 Å². The molecule has 2 heterocycles. The Hall–Kier alpha value is -2.73. The Morgan fingerprint density at radius 3 is 2.91 bits per heavy atom. The molecule has 0 bridgehead atoms. The van der Waals surface area contributed by atoms with Gasteiger partial charge in [-0.1, -0.05) is 12.1 Å². The molecule has 6 nitrogen and oxygen atoms in total. The summed E-state index contributed by atoms with van der Waals surface area (Å²) in [5.41, 5.74) is 2.51. The third-order valence-electron chi connectivity index (χ3n) is 3.29. The van der Waals surface area contributed by atoms with Gasteiger partial charge in [0.25, 0.3) is 0 Å². The van der Waals surface area contributed by atoms with Crippen molar-refractivity contribution < 1.29 is 9.47 Å². The van der Waals surface area contributed by atoms with E-state index >= 15 is 0 Å². The summed E-state index contributed by atoms with van der Waals surface area (Å²) in [7, 11) is 1.66. The quantitative estimate of drug-likeness (QED) is 0.677. The van der Waals surface area contributed by atoms with Crippen LogP contribution in [0.5, 0.6) is 5.75 Å². The molecule has 0 saturated heterocycles. The number of ether oxygens (including phenoxy) is 2. The molecule has 118 valence electrons. The molecule has 2 aromatic heterocycles. The fourth-order valence-corrected chi connectivity index (χ4v) is 2.16. The van der Waals surface area contributed by atoms with Crippen molar-refractivity contribution >= 4 is 17.0 Å². The maximum Gasteiger partial charge on any atom is 0.180 e. The van der Waals surface area contributed by atoms with Crippen molar-refractivity contribution in [3.8, 4) is 5.75 Å². The Labute approximate surface area is 134 Å². The maximum atomic E-state index is 5.65. The van der Waals surface area contributed by atoms with Crippen molar-refractivity contribution in [2.45, 2.75) is 6.61 Å². The largest absolute Gasteiger partial charge is 0.497 e. The molecule has 0 fully saturated rings. The maximum absolute atomic E-state index is 5.65. The number of hydrogen-bond acceptors (Lipinski definition) is 6. The Bertz CT molecular complexity index is 779. The molecule has 0 saturated carbocycles. The molecule has 1 aromatic carbocycles. The number of nitrogens with one attached hydrogen (secondary N) is 1. The Balaban J connectivity index is 1.45. The second-order valence-corrected chi connectivity index (χ2v) is 4.93. The van der Waals surface area contributed by atoms with Crippen LogP contribution in [0.3, 0.4) is 0 Å². The van der Waals surface area contributed by atoms with Crippen molar-refractivity contribution in [1.82, 2.24) is 15.0 Å². The predicted octanol–water partition coefficient (Wildman–Crippen LogP) is 2.66. The van der Waals surface area contributed by atoms with Gasteiger partial charge in [0, 0.05) is 18.9 Å². The van der Waals surface area contributed by atoms with Crippen molar-refractivity contribution in [1.29, 1.82) is 0 Å². The first-order chi connectivity index (χ1) is 11.3. The highest BCUT2D eigenvalue weighted by Crippen LogP contribution is 2.13. The van der Waals surface area contributed by atoms with Gasteiger partial charge in [0.15, 0.2) is 5.65 Å². The van der Waals surface area contributed by atoms with E-state index in [-0.39, 0.29) is 0 Å². The van der Waals surface area contributed by atoms with Crippen LogP contribution in [-0.2, 0) is 11.3 Å². The van der Waals surface area contributed by atoms with Gasteiger partial charge in [-0.2, -0.15) is 0 Å². The zero-order chi connectivity index (χ0) is 15.9. The number of benzene rings is 1. The van der Waals surface area contributed by atoms with Gasteiger partial charge in [-0.3, -0.25) is 4.98 Å². The monoisotopic (exact) mass is 310 g/mol. The van der Waals surface area contributed by atoms with E-state index in [1.165, 1.54) is 0 Å². The summed E-state index contributed by atoms with van der Waals surface area (Å²) in [6, 6.07) is 11.6. The highest BCUT2D eigenvalue weighted by atomic mass is 16.5. The lowest BCUT2D eigenvalue weighted by Gasteiger charge is -2.08. The molecule has 0 spiro atoms. The van der Waals surface area contributed by atoms with Gasteiger partial charge in [-0.05, 0) is 29.8 Å². The first-order valence-corrected chi connectivity index (χ1v) is 7.37. The van der Waals surface area contributed by atoms with Crippen molar-refractivity contribution in [3.05, 3.63) is 54.4 Å². The van der Waals surface area contributed by atoms with Gasteiger partial charge < -0.3 is 14.8 Å². The summed E-state index contributed by atoms with van der Waals surface area (Å²) in [5, 5.41) is 3.22. The Morgan fingerprint density at radius 1 is 1.09 bits per heavy atom. The van der Waals surface area contributed by atoms with Crippen LogP contribution in [0.1, 0.15) is 5.56 Å². The molecular weight excluding hydrogens is 292 g/mol. The van der Waals surface area contributed by atoms with E-state index in [0.717, 1.165) is 22.6 Å². The lowest BCUT2D eigenvalue weighted by Crippen LogP contribution is -2.10. The predicted molar refractivity (Wildman–Crippen MR) is 88.5 cm³/mol. The van der Waals surface area contributed by atoms with Gasteiger partial charge in [-0.25, -0.2) is 9.97 Å². The normalized spacial score (nSPS) is 10.7. The first-order valence-electron chi connectivity index (χ1n) is 7.37. The summed E-state index contributed by atoms with van der Waals surface area (Å²) in [5.74, 6) is 1.61. The highest BCUT2D eigenvalue weighted by Gasteiger charge is 2.00. The molecule has 3 rings (SSSR count). The van der Waals surface area contributed by atoms with E-state index in [0.29, 0.717) is 25.4 Å². The zero-order valence-electron chi connectivity index (χ0n) is 12.9. The van der Waals surface area contributed by atoms with Crippen LogP contribution in [-0.4, -0.2) is 35.2 Å². The number of anilines is 1. The van der Waals surface area contributed by atoms with Crippen LogP contribution < -0.4 is 10.1 Å². The van der Waals surface area contributed by atoms with Crippen molar-refractivity contribution in [2.24, 2.45) is 0 Å². The molecule has 0 amide bonds. The number of fused-ring (bicyclic) bond motifs is 1. The molecule has 1 N–H and O–H groups in total. The average Bonchev–Trinajstić information content (AvgIpc) is 2.61. The van der Waals surface area contributed by atoms with Gasteiger partial charge in [0.1, 0.15) is 17.1 Å². The zero-order valence-corrected chi connectivity index (χ0v) is 12.9. The number of methoxy groups -OCH3 is 1. The smallest absolute Gasteiger partial charge is 0.180 e. The summed E-state index contributed by atoms with van der Waals surface area (Å²) in [6.45, 7) is 1.80. The summed E-state index contributed by atoms with van der Waals surface area (Å²) < 4.78 is 10.8. The number of rotatable bonds is 7. The van der Waals surface area contributed by atoms with E-state index in [1.807, 2.05) is 36.4 Å². The standard InChI is InChI=1S/C17H18N4O2/c1-22-14-4-2-3-13(11-14)12-23-10-9-19-16-6-5-15-17(21-16)20-8-7-18-15/h2-8,11H,9-10,12H2,1H3,(H,19,20,21). The fourth-order valence-electron chi connectivity index (χ4n) is 2.16. The molecule has 0 aliphatic heterocycles. The summed E-state index contributed by atoms with van der Waals surface area (Å²) >= 11 is 0. The third kappa shape index (κ3) is 4.14. The lowest BCUT2D eigenvalue weighted by atomic mass is 10.2. The van der Waals surface area contributed by atoms with E-state index in [1.54, 1.807) is 19.5 Å². The number of nitrogens with zero attached hydrogens (tertiary/aromatic N) is 3. The molecule has 0 unspecified atom stereocenters. The van der Waals surface area contributed by atoms with Crippen LogP contribution in [0.25, 0.3) is 11.2 Å². The second kappa shape index (κ2) is 7.51. The number of pyridine rings is 1. The van der Waals surface area contributed by atoms with Gasteiger partial charge in [0.05, 0.1) is 20.3 Å². The van der Waals surface area contributed by atoms with Crippen molar-refractivity contribution in [3.63, 3.8) is 0 Å². The van der Waals surface area contributed by atoms with E-state index < -0.39 is 0 Å². The Kier molecular flexibility index (Phi) is 4.95. The minimum absolute atomic E-state index is 0.551. The third-order valence-corrected chi connectivity index (χ3v) is 3.29. The van der Waals surface area contributed by atoms with Gasteiger partial charge in [0.2, 0.25) is 0 Å². The highest BCUT2D eigenvalue weighted by molar-refractivity contribution is 5.71. The van der Waals surface area contributed by atoms with Gasteiger partial charge in [-0.15, -0.1) is 0 Å². The summed E-state index contributed by atoms with van der Waals surface area (Å²) in [6.07, 6.45) is 3.29. The molecule has 0 aliphatic carbocycles. The molecule has 23 heavy (non-hydrogen) atoms. The van der Waals surface area contributed by atoms with Crippen LogP contribution in [0.4, 0.5) is 5.82 Å². The topological polar surface area (TPSA) is 69.2 Å². The van der Waals surface area contributed by atoms with E-state index in [2.05, 4.69) is 20.3 Å². The molecule has 0 radical (unpaired) electrons. The molecule has 6 heteroatoms. The van der Waals surface area contributed by atoms with Crippen LogP contribution in [0, 0.1) is 0 Å². The minimum atomic E-state index is 0.551. The first kappa shape index (κ1) is 15.2. The fraction of sp³-hybridized carbons (Fsp3) is 0.235. The Morgan fingerprint density at radius 2 is 2.00 bits per heavy atom. The lowest BCUT2D eigenvalue weighted by molar-refractivity contribution is 0.130. The van der Waals surface area contributed by atoms with E-state index in [4.69, 9.17) is 9.47 Å². The van der Waals surface area contributed by atoms with Gasteiger partial charge >= 0.3 is 0 Å². The molecule has 3 aromatic rings.